The molecular weight excluding hydrogens is 314 g/mol. The lowest BCUT2D eigenvalue weighted by molar-refractivity contribution is -0.143. The lowest BCUT2D eigenvalue weighted by Crippen LogP contribution is -2.50. The van der Waals surface area contributed by atoms with Crippen molar-refractivity contribution < 1.29 is 32.0 Å². The molecule has 0 spiro atoms. The van der Waals surface area contributed by atoms with Crippen molar-refractivity contribution in [3.63, 3.8) is 0 Å². The fraction of sp³-hybridized carbons (Fsp3) is 0.846. The number of hydrogen-bond acceptors (Lipinski definition) is 6. The monoisotopic (exact) mass is 337 g/mol. The van der Waals surface area contributed by atoms with Gasteiger partial charge in [-0.15, -0.1) is 0 Å². The molecule has 1 aliphatic rings. The third-order valence-electron chi connectivity index (χ3n) is 3.14. The van der Waals surface area contributed by atoms with Gasteiger partial charge in [-0.3, -0.25) is 8.98 Å². The third-order valence-corrected chi connectivity index (χ3v) is 3.73. The van der Waals surface area contributed by atoms with Gasteiger partial charge < -0.3 is 15.2 Å². The van der Waals surface area contributed by atoms with Gasteiger partial charge in [-0.25, -0.2) is 4.79 Å². The molecule has 1 aliphatic carbocycles. The van der Waals surface area contributed by atoms with Crippen LogP contribution in [-0.2, 0) is 23.8 Å². The first-order chi connectivity index (χ1) is 9.87. The fourth-order valence-electron chi connectivity index (χ4n) is 2.32. The van der Waals surface area contributed by atoms with Crippen LogP contribution in [0.2, 0.25) is 0 Å². The number of amides is 1. The van der Waals surface area contributed by atoms with E-state index in [1.165, 1.54) is 0 Å². The molecule has 2 N–H and O–H groups in total. The van der Waals surface area contributed by atoms with Crippen LogP contribution < -0.4 is 5.32 Å². The number of nitrogens with one attached hydrogen (secondary N) is 1. The largest absolute Gasteiger partial charge is 0.481 e. The Morgan fingerprint density at radius 3 is 2.27 bits per heavy atom. The molecule has 22 heavy (non-hydrogen) atoms. The van der Waals surface area contributed by atoms with Crippen LogP contribution in [0.5, 0.6) is 0 Å². The highest BCUT2D eigenvalue weighted by atomic mass is 32.2. The van der Waals surface area contributed by atoms with Gasteiger partial charge in [0.2, 0.25) is 0 Å². The third kappa shape index (κ3) is 6.61. The average Bonchev–Trinajstić information content (AvgIpc) is 2.26. The van der Waals surface area contributed by atoms with Crippen LogP contribution in [-0.4, -0.2) is 49.6 Å². The van der Waals surface area contributed by atoms with E-state index in [0.717, 1.165) is 6.26 Å². The van der Waals surface area contributed by atoms with Crippen molar-refractivity contribution in [3.05, 3.63) is 0 Å². The Morgan fingerprint density at radius 2 is 1.82 bits per heavy atom. The zero-order valence-electron chi connectivity index (χ0n) is 13.2. The van der Waals surface area contributed by atoms with Gasteiger partial charge in [0.15, 0.2) is 0 Å². The first-order valence-electron chi connectivity index (χ1n) is 6.98. The van der Waals surface area contributed by atoms with Crippen molar-refractivity contribution in [2.45, 2.75) is 57.8 Å². The molecule has 0 aliphatic heterocycles. The molecular formula is C13H23NO7S. The Hall–Kier alpha value is -1.35. The second kappa shape index (κ2) is 6.82. The summed E-state index contributed by atoms with van der Waals surface area (Å²) in [6.07, 6.45) is 0.00557. The summed E-state index contributed by atoms with van der Waals surface area (Å²) in [5.74, 6) is -1.63. The summed E-state index contributed by atoms with van der Waals surface area (Å²) < 4.78 is 32.7. The molecule has 8 nitrogen and oxygen atoms in total. The van der Waals surface area contributed by atoms with Crippen LogP contribution in [0.1, 0.15) is 40.0 Å². The molecule has 2 unspecified atom stereocenters. The smallest absolute Gasteiger partial charge is 0.407 e. The Bertz CT molecular complexity index is 523. The summed E-state index contributed by atoms with van der Waals surface area (Å²) in [5, 5.41) is 11.6. The minimum atomic E-state index is -3.70. The maximum atomic E-state index is 11.8. The topological polar surface area (TPSA) is 119 Å². The number of rotatable bonds is 4. The summed E-state index contributed by atoms with van der Waals surface area (Å²) in [6, 6.07) is -0.737. The van der Waals surface area contributed by atoms with Crippen LogP contribution in [0.4, 0.5) is 4.79 Å². The van der Waals surface area contributed by atoms with E-state index >= 15 is 0 Å². The second-order valence-corrected chi connectivity index (χ2v) is 8.04. The molecule has 0 aromatic rings. The van der Waals surface area contributed by atoms with Gasteiger partial charge >= 0.3 is 12.1 Å². The highest BCUT2D eigenvalue weighted by Crippen LogP contribution is 2.28. The molecule has 9 heteroatoms. The van der Waals surface area contributed by atoms with Crippen molar-refractivity contribution in [3.8, 4) is 0 Å². The number of carboxylic acid groups (broad SMARTS) is 1. The number of hydrogen-bond donors (Lipinski definition) is 2. The Kier molecular flexibility index (Phi) is 5.80. The van der Waals surface area contributed by atoms with E-state index in [0.29, 0.717) is 6.42 Å². The van der Waals surface area contributed by atoms with Gasteiger partial charge in [-0.05, 0) is 40.0 Å². The van der Waals surface area contributed by atoms with E-state index in [-0.39, 0.29) is 12.8 Å². The van der Waals surface area contributed by atoms with E-state index in [9.17, 15) is 18.0 Å². The van der Waals surface area contributed by atoms with Crippen molar-refractivity contribution in [2.75, 3.05) is 6.26 Å². The standard InChI is InChI=1S/C13H23NO7S/c1-13(2,3)20-12(17)14-9-7-8(11(15)16)5-6-10(9)21-22(4,18)19/h8-10H,5-7H2,1-4H3,(H,14,17)(H,15,16)/t8?,9?,10-/m0/s1. The number of carbonyl (C=O) groups excluding carboxylic acids is 1. The second-order valence-electron chi connectivity index (χ2n) is 6.44. The van der Waals surface area contributed by atoms with Gasteiger partial charge in [0.05, 0.1) is 24.3 Å². The average molecular weight is 337 g/mol. The zero-order valence-corrected chi connectivity index (χ0v) is 14.0. The maximum absolute atomic E-state index is 11.8. The van der Waals surface area contributed by atoms with Crippen molar-refractivity contribution in [2.24, 2.45) is 5.92 Å². The molecule has 128 valence electrons. The Morgan fingerprint density at radius 1 is 1.23 bits per heavy atom. The number of carbonyl (C=O) groups is 2. The van der Waals surface area contributed by atoms with Gasteiger partial charge in [0.1, 0.15) is 5.60 Å². The maximum Gasteiger partial charge on any atom is 0.407 e. The highest BCUT2D eigenvalue weighted by molar-refractivity contribution is 7.86. The molecule has 0 heterocycles. The molecule has 0 aromatic carbocycles. The van der Waals surface area contributed by atoms with E-state index in [4.69, 9.17) is 14.0 Å². The van der Waals surface area contributed by atoms with Crippen LogP contribution in [0, 0.1) is 5.92 Å². The van der Waals surface area contributed by atoms with E-state index < -0.39 is 45.8 Å². The number of carboxylic acids is 1. The predicted molar refractivity (Wildman–Crippen MR) is 77.9 cm³/mol. The van der Waals surface area contributed by atoms with Gasteiger partial charge in [0, 0.05) is 0 Å². The molecule has 0 radical (unpaired) electrons. The number of aliphatic carboxylic acids is 1. The van der Waals surface area contributed by atoms with Gasteiger partial charge in [-0.2, -0.15) is 8.42 Å². The molecule has 1 amide bonds. The Labute approximate surface area is 130 Å². The summed E-state index contributed by atoms with van der Waals surface area (Å²) >= 11 is 0. The van der Waals surface area contributed by atoms with Crippen LogP contribution >= 0.6 is 0 Å². The van der Waals surface area contributed by atoms with Crippen molar-refractivity contribution in [1.29, 1.82) is 0 Å². The number of alkyl carbamates (subject to hydrolysis) is 1. The van der Waals surface area contributed by atoms with Crippen LogP contribution in [0.15, 0.2) is 0 Å². The Balaban J connectivity index is 2.80. The molecule has 0 saturated heterocycles. The molecule has 1 saturated carbocycles. The van der Waals surface area contributed by atoms with E-state index in [1.54, 1.807) is 20.8 Å². The SMILES string of the molecule is CC(C)(C)OC(=O)NC1CC(C(=O)O)CC[C@@H]1OS(C)(=O)=O. The lowest BCUT2D eigenvalue weighted by Gasteiger charge is -2.34. The quantitative estimate of drug-likeness (QED) is 0.737. The van der Waals surface area contributed by atoms with Crippen molar-refractivity contribution >= 4 is 22.2 Å². The first-order valence-corrected chi connectivity index (χ1v) is 8.79. The van der Waals surface area contributed by atoms with Crippen LogP contribution in [0.25, 0.3) is 0 Å². The van der Waals surface area contributed by atoms with Gasteiger partial charge in [0.25, 0.3) is 10.1 Å². The van der Waals surface area contributed by atoms with E-state index in [1.807, 2.05) is 0 Å². The number of ether oxygens (including phenoxy) is 1. The normalized spacial score (nSPS) is 26.3. The summed E-state index contributed by atoms with van der Waals surface area (Å²) in [6.45, 7) is 5.08. The van der Waals surface area contributed by atoms with Crippen molar-refractivity contribution in [1.82, 2.24) is 5.32 Å². The summed E-state index contributed by atoms with van der Waals surface area (Å²) in [4.78, 5) is 22.9. The molecule has 0 aromatic heterocycles. The molecule has 1 fully saturated rings. The molecule has 3 atom stereocenters. The summed E-state index contributed by atoms with van der Waals surface area (Å²) in [5.41, 5.74) is -0.710. The minimum absolute atomic E-state index is 0.0920. The molecule has 0 bridgehead atoms. The lowest BCUT2D eigenvalue weighted by atomic mass is 9.84. The first kappa shape index (κ1) is 18.7. The minimum Gasteiger partial charge on any atom is -0.481 e. The summed E-state index contributed by atoms with van der Waals surface area (Å²) in [7, 11) is -3.70. The zero-order chi connectivity index (χ0) is 17.1. The predicted octanol–water partition coefficient (Wildman–Crippen LogP) is 1.11. The highest BCUT2D eigenvalue weighted by Gasteiger charge is 2.37. The molecule has 1 rings (SSSR count). The van der Waals surface area contributed by atoms with Crippen LogP contribution in [0.3, 0.4) is 0 Å². The fourth-order valence-corrected chi connectivity index (χ4v) is 3.00. The van der Waals surface area contributed by atoms with Gasteiger partial charge in [-0.1, -0.05) is 0 Å². The van der Waals surface area contributed by atoms with E-state index in [2.05, 4.69) is 5.32 Å².